The molecular formula is C7H7ClF2N2O. The minimum atomic E-state index is -2.75. The van der Waals surface area contributed by atoms with Gasteiger partial charge >= 0.3 is 0 Å². The van der Waals surface area contributed by atoms with E-state index >= 15 is 0 Å². The van der Waals surface area contributed by atoms with Crippen molar-refractivity contribution < 1.29 is 13.9 Å². The van der Waals surface area contributed by atoms with Crippen molar-refractivity contribution in [2.45, 2.75) is 13.0 Å². The van der Waals surface area contributed by atoms with Gasteiger partial charge in [0, 0.05) is 6.54 Å². The van der Waals surface area contributed by atoms with Crippen LogP contribution in [0.1, 0.15) is 17.7 Å². The fraction of sp³-hybridized carbons (Fsp3) is 0.286. The van der Waals surface area contributed by atoms with Crippen LogP contribution in [-0.2, 0) is 6.54 Å². The number of hydrogen-bond acceptors (Lipinski definition) is 3. The smallest absolute Gasteiger partial charge is 0.266 e. The summed E-state index contributed by atoms with van der Waals surface area (Å²) in [5.41, 5.74) is 4.79. The Kier molecular flexibility index (Phi) is 3.00. The van der Waals surface area contributed by atoms with Gasteiger partial charge in [0.2, 0.25) is 0 Å². The van der Waals surface area contributed by atoms with E-state index in [-0.39, 0.29) is 23.1 Å². The lowest BCUT2D eigenvalue weighted by Crippen LogP contribution is -2.02. The summed E-state index contributed by atoms with van der Waals surface area (Å²) in [6.45, 7) is -0.0466. The van der Waals surface area contributed by atoms with Crippen molar-refractivity contribution in [1.82, 2.24) is 4.98 Å². The molecular weight excluding hydrogens is 202 g/mol. The summed E-state index contributed by atoms with van der Waals surface area (Å²) in [5.74, 6) is -0.359. The average Bonchev–Trinajstić information content (AvgIpc) is 2.07. The fourth-order valence-corrected chi connectivity index (χ4v) is 1.07. The standard InChI is InChI=1S/C7H7ClF2N2O/c8-6-3(7(9)10)1-5(13)4(2-11)12-6/h1,7,13H,2,11H2. The molecule has 0 aliphatic rings. The number of aromatic hydroxyl groups is 1. The van der Waals surface area contributed by atoms with Crippen molar-refractivity contribution in [2.24, 2.45) is 5.73 Å². The Labute approximate surface area is 78.1 Å². The van der Waals surface area contributed by atoms with Gasteiger partial charge in [0.1, 0.15) is 10.9 Å². The van der Waals surface area contributed by atoms with Crippen LogP contribution < -0.4 is 5.73 Å². The Bertz CT molecular complexity index is 320. The molecule has 0 atom stereocenters. The summed E-state index contributed by atoms with van der Waals surface area (Å²) in [6.07, 6.45) is -2.75. The molecule has 72 valence electrons. The van der Waals surface area contributed by atoms with Crippen molar-refractivity contribution in [3.63, 3.8) is 0 Å². The SMILES string of the molecule is NCc1nc(Cl)c(C(F)F)cc1O. The topological polar surface area (TPSA) is 59.1 Å². The van der Waals surface area contributed by atoms with Gasteiger partial charge in [-0.25, -0.2) is 13.8 Å². The van der Waals surface area contributed by atoms with E-state index in [0.29, 0.717) is 0 Å². The zero-order chi connectivity index (χ0) is 10.0. The predicted molar refractivity (Wildman–Crippen MR) is 43.8 cm³/mol. The monoisotopic (exact) mass is 208 g/mol. The number of halogens is 3. The zero-order valence-electron chi connectivity index (χ0n) is 6.47. The van der Waals surface area contributed by atoms with Crippen molar-refractivity contribution in [2.75, 3.05) is 0 Å². The molecule has 0 spiro atoms. The third-order valence-corrected chi connectivity index (χ3v) is 1.79. The Morgan fingerprint density at radius 2 is 2.23 bits per heavy atom. The minimum absolute atomic E-state index is 0.0466. The Morgan fingerprint density at radius 3 is 2.69 bits per heavy atom. The van der Waals surface area contributed by atoms with Crippen molar-refractivity contribution in [3.8, 4) is 5.75 Å². The summed E-state index contributed by atoms with van der Waals surface area (Å²) >= 11 is 5.42. The van der Waals surface area contributed by atoms with Crippen LogP contribution in [0.5, 0.6) is 5.75 Å². The fourth-order valence-electron chi connectivity index (χ4n) is 0.834. The first-order valence-corrected chi connectivity index (χ1v) is 3.80. The lowest BCUT2D eigenvalue weighted by molar-refractivity contribution is 0.150. The molecule has 1 heterocycles. The number of nitrogens with zero attached hydrogens (tertiary/aromatic N) is 1. The molecule has 0 aliphatic heterocycles. The lowest BCUT2D eigenvalue weighted by atomic mass is 10.2. The Morgan fingerprint density at radius 1 is 1.62 bits per heavy atom. The average molecular weight is 209 g/mol. The first-order valence-electron chi connectivity index (χ1n) is 3.42. The molecule has 0 amide bonds. The number of alkyl halides is 2. The highest BCUT2D eigenvalue weighted by Gasteiger charge is 2.16. The molecule has 1 aromatic heterocycles. The molecule has 0 aromatic carbocycles. The van der Waals surface area contributed by atoms with Crippen LogP contribution in [0.15, 0.2) is 6.07 Å². The van der Waals surface area contributed by atoms with Gasteiger partial charge in [-0.15, -0.1) is 0 Å². The summed E-state index contributed by atoms with van der Waals surface area (Å²) in [7, 11) is 0. The molecule has 0 bridgehead atoms. The van der Waals surface area contributed by atoms with E-state index in [1.807, 2.05) is 0 Å². The van der Waals surface area contributed by atoms with Crippen molar-refractivity contribution in [1.29, 1.82) is 0 Å². The number of rotatable bonds is 2. The summed E-state index contributed by atoms with van der Waals surface area (Å²) in [4.78, 5) is 3.52. The zero-order valence-corrected chi connectivity index (χ0v) is 7.22. The molecule has 3 N–H and O–H groups in total. The van der Waals surface area contributed by atoms with Crippen LogP contribution in [0, 0.1) is 0 Å². The molecule has 0 radical (unpaired) electrons. The van der Waals surface area contributed by atoms with Crippen LogP contribution in [-0.4, -0.2) is 10.1 Å². The molecule has 0 saturated heterocycles. The molecule has 0 unspecified atom stereocenters. The highest BCUT2D eigenvalue weighted by Crippen LogP contribution is 2.29. The van der Waals surface area contributed by atoms with Crippen LogP contribution in [0.2, 0.25) is 5.15 Å². The largest absolute Gasteiger partial charge is 0.506 e. The summed E-state index contributed by atoms with van der Waals surface area (Å²) in [6, 6.07) is 0.877. The van der Waals surface area contributed by atoms with Crippen LogP contribution >= 0.6 is 11.6 Å². The normalized spacial score (nSPS) is 10.8. The van der Waals surface area contributed by atoms with Gasteiger partial charge in [0.25, 0.3) is 6.43 Å². The quantitative estimate of drug-likeness (QED) is 0.729. The Balaban J connectivity index is 3.20. The second-order valence-electron chi connectivity index (χ2n) is 2.34. The van der Waals surface area contributed by atoms with E-state index < -0.39 is 12.0 Å². The van der Waals surface area contributed by atoms with Gasteiger partial charge in [0.15, 0.2) is 0 Å². The van der Waals surface area contributed by atoms with Gasteiger partial charge in [-0.1, -0.05) is 11.6 Å². The molecule has 0 saturated carbocycles. The highest BCUT2D eigenvalue weighted by molar-refractivity contribution is 6.30. The van der Waals surface area contributed by atoms with E-state index in [4.69, 9.17) is 22.4 Å². The summed E-state index contributed by atoms with van der Waals surface area (Å²) in [5, 5.41) is 8.80. The first kappa shape index (κ1) is 10.1. The number of nitrogens with two attached hydrogens (primary N) is 1. The number of hydrogen-bond donors (Lipinski definition) is 2. The first-order chi connectivity index (χ1) is 6.06. The second kappa shape index (κ2) is 3.85. The van der Waals surface area contributed by atoms with Gasteiger partial charge in [-0.3, -0.25) is 0 Å². The van der Waals surface area contributed by atoms with Gasteiger partial charge in [-0.2, -0.15) is 0 Å². The van der Waals surface area contributed by atoms with E-state index in [1.165, 1.54) is 0 Å². The van der Waals surface area contributed by atoms with Crippen molar-refractivity contribution in [3.05, 3.63) is 22.5 Å². The van der Waals surface area contributed by atoms with E-state index in [0.717, 1.165) is 6.07 Å². The number of pyridine rings is 1. The van der Waals surface area contributed by atoms with Crippen molar-refractivity contribution >= 4 is 11.6 Å². The third kappa shape index (κ3) is 2.05. The maximum atomic E-state index is 12.2. The highest BCUT2D eigenvalue weighted by atomic mass is 35.5. The predicted octanol–water partition coefficient (Wildman–Crippen LogP) is 1.84. The molecule has 0 fully saturated rings. The maximum absolute atomic E-state index is 12.2. The van der Waals surface area contributed by atoms with E-state index in [1.54, 1.807) is 0 Å². The third-order valence-electron chi connectivity index (χ3n) is 1.49. The van der Waals surface area contributed by atoms with Crippen LogP contribution in [0.3, 0.4) is 0 Å². The minimum Gasteiger partial charge on any atom is -0.506 e. The van der Waals surface area contributed by atoms with Crippen LogP contribution in [0.25, 0.3) is 0 Å². The second-order valence-corrected chi connectivity index (χ2v) is 2.70. The molecule has 13 heavy (non-hydrogen) atoms. The van der Waals surface area contributed by atoms with Gasteiger partial charge < -0.3 is 10.8 Å². The lowest BCUT2D eigenvalue weighted by Gasteiger charge is -2.06. The van der Waals surface area contributed by atoms with Crippen LogP contribution in [0.4, 0.5) is 8.78 Å². The van der Waals surface area contributed by atoms with Gasteiger partial charge in [0.05, 0.1) is 11.3 Å². The Hall–Kier alpha value is -0.940. The van der Waals surface area contributed by atoms with E-state index in [2.05, 4.69) is 4.98 Å². The van der Waals surface area contributed by atoms with E-state index in [9.17, 15) is 8.78 Å². The number of aromatic nitrogens is 1. The van der Waals surface area contributed by atoms with Gasteiger partial charge in [-0.05, 0) is 6.07 Å². The molecule has 6 heteroatoms. The molecule has 1 aromatic rings. The maximum Gasteiger partial charge on any atom is 0.266 e. The molecule has 3 nitrogen and oxygen atoms in total. The molecule has 1 rings (SSSR count). The summed E-state index contributed by atoms with van der Waals surface area (Å²) < 4.78 is 24.4. The molecule has 0 aliphatic carbocycles.